The van der Waals surface area contributed by atoms with Crippen LogP contribution in [-0.2, 0) is 17.8 Å². The molecule has 128 valence electrons. The largest absolute Gasteiger partial charge is 0.364 e. The average molecular weight is 357 g/mol. The summed E-state index contributed by atoms with van der Waals surface area (Å²) in [5.41, 5.74) is 6.61. The molecule has 0 fully saturated rings. The summed E-state index contributed by atoms with van der Waals surface area (Å²) in [7, 11) is 0. The van der Waals surface area contributed by atoms with Crippen molar-refractivity contribution in [2.75, 3.05) is 5.32 Å². The molecule has 2 heterocycles. The maximum atomic E-state index is 12.4. The second kappa shape index (κ2) is 6.81. The van der Waals surface area contributed by atoms with E-state index in [0.29, 0.717) is 5.69 Å². The number of hydrogen-bond acceptors (Lipinski definition) is 6. The molecule has 0 saturated carbocycles. The van der Waals surface area contributed by atoms with Gasteiger partial charge in [-0.2, -0.15) is 4.37 Å². The van der Waals surface area contributed by atoms with Gasteiger partial charge in [0.25, 0.3) is 11.5 Å². The van der Waals surface area contributed by atoms with Gasteiger partial charge in [0, 0.05) is 5.69 Å². The van der Waals surface area contributed by atoms with E-state index < -0.39 is 11.5 Å². The summed E-state index contributed by atoms with van der Waals surface area (Å²) in [6.45, 7) is 1.80. The molecule has 0 saturated heterocycles. The Morgan fingerprint density at radius 2 is 2.08 bits per heavy atom. The summed E-state index contributed by atoms with van der Waals surface area (Å²) in [5.74, 6) is -1.09. The van der Waals surface area contributed by atoms with Crippen LogP contribution < -0.4 is 16.6 Å². The number of anilines is 1. The lowest BCUT2D eigenvalue weighted by molar-refractivity contribution is -0.116. The van der Waals surface area contributed by atoms with E-state index in [9.17, 15) is 14.4 Å². The van der Waals surface area contributed by atoms with E-state index in [1.165, 1.54) is 10.9 Å². The molecule has 0 radical (unpaired) electrons. The number of hydrogen-bond donors (Lipinski definition) is 2. The Bertz CT molecular complexity index is 1020. The first-order valence-electron chi connectivity index (χ1n) is 7.53. The van der Waals surface area contributed by atoms with Gasteiger partial charge in [0.2, 0.25) is 5.91 Å². The molecule has 8 nitrogen and oxygen atoms in total. The third-order valence-corrected chi connectivity index (χ3v) is 4.49. The topological polar surface area (TPSA) is 120 Å². The summed E-state index contributed by atoms with van der Waals surface area (Å²) in [6.07, 6.45) is 2.00. The zero-order valence-corrected chi connectivity index (χ0v) is 14.2. The molecule has 0 spiro atoms. The minimum absolute atomic E-state index is 0.0365. The minimum Gasteiger partial charge on any atom is -0.364 e. The molecular weight excluding hydrogens is 342 g/mol. The van der Waals surface area contributed by atoms with Crippen LogP contribution in [0.2, 0.25) is 0 Å². The van der Waals surface area contributed by atoms with Crippen LogP contribution in [0.4, 0.5) is 5.69 Å². The van der Waals surface area contributed by atoms with Crippen molar-refractivity contribution in [2.45, 2.75) is 19.9 Å². The van der Waals surface area contributed by atoms with Gasteiger partial charge in [0.05, 0.1) is 6.33 Å². The molecule has 9 heteroatoms. The van der Waals surface area contributed by atoms with E-state index in [2.05, 4.69) is 14.7 Å². The highest BCUT2D eigenvalue weighted by Crippen LogP contribution is 2.17. The Hall–Kier alpha value is -3.07. The van der Waals surface area contributed by atoms with Crippen LogP contribution in [0.5, 0.6) is 0 Å². The molecule has 2 aromatic heterocycles. The number of primary amides is 1. The Morgan fingerprint density at radius 3 is 2.80 bits per heavy atom. The van der Waals surface area contributed by atoms with Crippen molar-refractivity contribution in [1.82, 2.24) is 13.9 Å². The van der Waals surface area contributed by atoms with E-state index in [1.54, 1.807) is 0 Å². The first kappa shape index (κ1) is 16.8. The lowest BCUT2D eigenvalue weighted by atomic mass is 10.1. The van der Waals surface area contributed by atoms with Crippen molar-refractivity contribution in [3.8, 4) is 0 Å². The molecular formula is C16H15N5O3S. The molecule has 25 heavy (non-hydrogen) atoms. The molecule has 0 bridgehead atoms. The number of aryl methyl sites for hydroxylation is 1. The maximum Gasteiger partial charge on any atom is 0.273 e. The first-order chi connectivity index (χ1) is 12.0. The van der Waals surface area contributed by atoms with Crippen LogP contribution in [0.3, 0.4) is 0 Å². The lowest BCUT2D eigenvalue weighted by Gasteiger charge is -2.10. The van der Waals surface area contributed by atoms with E-state index in [1.807, 2.05) is 31.2 Å². The van der Waals surface area contributed by atoms with Crippen LogP contribution in [0.1, 0.15) is 23.0 Å². The van der Waals surface area contributed by atoms with Gasteiger partial charge in [0.1, 0.15) is 16.8 Å². The summed E-state index contributed by atoms with van der Waals surface area (Å²) in [4.78, 5) is 40.0. The summed E-state index contributed by atoms with van der Waals surface area (Å²) < 4.78 is 5.23. The number of carbonyl (C=O) groups excluding carboxylic acids is 2. The third-order valence-electron chi connectivity index (χ3n) is 3.67. The number of rotatable bonds is 5. The molecule has 0 unspecified atom stereocenters. The van der Waals surface area contributed by atoms with Gasteiger partial charge in [-0.25, -0.2) is 4.98 Å². The van der Waals surface area contributed by atoms with Crippen molar-refractivity contribution >= 4 is 39.3 Å². The van der Waals surface area contributed by atoms with E-state index in [0.717, 1.165) is 23.5 Å². The van der Waals surface area contributed by atoms with Crippen LogP contribution >= 0.6 is 11.5 Å². The van der Waals surface area contributed by atoms with Crippen LogP contribution in [0.25, 0.3) is 10.2 Å². The van der Waals surface area contributed by atoms with Gasteiger partial charge in [-0.1, -0.05) is 25.1 Å². The number of fused-ring (bicyclic) bond motifs is 1. The minimum atomic E-state index is -0.746. The van der Waals surface area contributed by atoms with Crippen molar-refractivity contribution in [1.29, 1.82) is 0 Å². The lowest BCUT2D eigenvalue weighted by Crippen LogP contribution is -2.28. The average Bonchev–Trinajstić information content (AvgIpc) is 3.03. The molecule has 3 aromatic rings. The normalized spacial score (nSPS) is 10.8. The van der Waals surface area contributed by atoms with Gasteiger partial charge >= 0.3 is 0 Å². The highest BCUT2D eigenvalue weighted by Gasteiger charge is 2.17. The number of carbonyl (C=O) groups is 2. The number of nitrogens with one attached hydrogen (secondary N) is 1. The molecule has 3 rings (SSSR count). The SMILES string of the molecule is CCc1ccccc1NC(=O)Cn1cnc2c(C(N)=O)nsc2c1=O. The van der Waals surface area contributed by atoms with Crippen LogP contribution in [-0.4, -0.2) is 25.7 Å². The predicted molar refractivity (Wildman–Crippen MR) is 94.6 cm³/mol. The fraction of sp³-hybridized carbons (Fsp3) is 0.188. The predicted octanol–water partition coefficient (Wildman–Crippen LogP) is 1.15. The first-order valence-corrected chi connectivity index (χ1v) is 8.31. The Labute approximate surface area is 146 Å². The van der Waals surface area contributed by atoms with E-state index >= 15 is 0 Å². The molecule has 1 aromatic carbocycles. The Balaban J connectivity index is 1.85. The van der Waals surface area contributed by atoms with Crippen molar-refractivity contribution in [2.24, 2.45) is 5.73 Å². The molecule has 3 N–H and O–H groups in total. The molecule has 0 aliphatic rings. The summed E-state index contributed by atoms with van der Waals surface area (Å²) in [5, 5.41) is 2.80. The van der Waals surface area contributed by atoms with Crippen molar-refractivity contribution < 1.29 is 9.59 Å². The Morgan fingerprint density at radius 1 is 1.32 bits per heavy atom. The number of aromatic nitrogens is 3. The molecule has 0 atom stereocenters. The fourth-order valence-electron chi connectivity index (χ4n) is 2.43. The second-order valence-electron chi connectivity index (χ2n) is 5.31. The van der Waals surface area contributed by atoms with E-state index in [4.69, 9.17) is 5.73 Å². The van der Waals surface area contributed by atoms with Crippen LogP contribution in [0, 0.1) is 0 Å². The summed E-state index contributed by atoms with van der Waals surface area (Å²) in [6, 6.07) is 7.47. The Kier molecular flexibility index (Phi) is 4.57. The number of amides is 2. The number of nitrogens with two attached hydrogens (primary N) is 1. The smallest absolute Gasteiger partial charge is 0.273 e. The van der Waals surface area contributed by atoms with Gasteiger partial charge in [-0.05, 0) is 29.6 Å². The molecule has 0 aliphatic carbocycles. The zero-order valence-electron chi connectivity index (χ0n) is 13.4. The second-order valence-corrected chi connectivity index (χ2v) is 6.08. The van der Waals surface area contributed by atoms with Gasteiger partial charge < -0.3 is 11.1 Å². The van der Waals surface area contributed by atoms with Crippen LogP contribution in [0.15, 0.2) is 35.4 Å². The number of para-hydroxylation sites is 1. The van der Waals surface area contributed by atoms with Crippen molar-refractivity contribution in [3.05, 3.63) is 52.2 Å². The standard InChI is InChI=1S/C16H15N5O3S/c1-2-9-5-3-4-6-10(9)19-11(22)7-21-8-18-12-13(15(17)23)20-25-14(12)16(21)24/h3-6,8H,2,7H2,1H3,(H2,17,23)(H,19,22). The molecule has 0 aliphatic heterocycles. The monoisotopic (exact) mass is 357 g/mol. The maximum absolute atomic E-state index is 12.4. The summed E-state index contributed by atoms with van der Waals surface area (Å²) >= 11 is 0.842. The zero-order chi connectivity index (χ0) is 18.0. The third kappa shape index (κ3) is 3.26. The highest BCUT2D eigenvalue weighted by atomic mass is 32.1. The van der Waals surface area contributed by atoms with Crippen molar-refractivity contribution in [3.63, 3.8) is 0 Å². The number of benzene rings is 1. The quantitative estimate of drug-likeness (QED) is 0.710. The molecule has 2 amide bonds. The van der Waals surface area contributed by atoms with Gasteiger partial charge in [0.15, 0.2) is 5.69 Å². The fourth-order valence-corrected chi connectivity index (χ4v) is 3.22. The van der Waals surface area contributed by atoms with Gasteiger partial charge in [-0.15, -0.1) is 0 Å². The van der Waals surface area contributed by atoms with E-state index in [-0.39, 0.29) is 28.4 Å². The van der Waals surface area contributed by atoms with Gasteiger partial charge in [-0.3, -0.25) is 19.0 Å². The highest BCUT2D eigenvalue weighted by molar-refractivity contribution is 7.13. The number of nitrogens with zero attached hydrogens (tertiary/aromatic N) is 3.